The van der Waals surface area contributed by atoms with Crippen LogP contribution in [0.5, 0.6) is 0 Å². The number of imidazole rings is 1. The smallest absolute Gasteiger partial charge is 0.313 e. The third kappa shape index (κ3) is 3.08. The number of aryl methyl sites for hydroxylation is 1. The number of aromatic nitrogens is 2. The van der Waals surface area contributed by atoms with Gasteiger partial charge < -0.3 is 14.4 Å². The Balaban J connectivity index is 2.42. The third-order valence-electron chi connectivity index (χ3n) is 2.78. The Hall–Kier alpha value is -1.53. The Labute approximate surface area is 115 Å². The normalized spacial score (nSPS) is 11.1. The molecule has 6 heteroatoms. The summed E-state index contributed by atoms with van der Waals surface area (Å²) in [5.74, 6) is -0.831. The zero-order valence-electron chi connectivity index (χ0n) is 10.9. The summed E-state index contributed by atoms with van der Waals surface area (Å²) < 4.78 is 7.14. The van der Waals surface area contributed by atoms with Gasteiger partial charge in [-0.25, -0.2) is 4.98 Å². The molecule has 1 aromatic heterocycles. The van der Waals surface area contributed by atoms with Gasteiger partial charge in [0.1, 0.15) is 0 Å². The summed E-state index contributed by atoms with van der Waals surface area (Å²) in [6, 6.07) is 5.92. The number of aliphatic carboxylic acids is 1. The molecule has 0 fully saturated rings. The zero-order valence-corrected chi connectivity index (χ0v) is 11.7. The fourth-order valence-electron chi connectivity index (χ4n) is 1.97. The van der Waals surface area contributed by atoms with E-state index < -0.39 is 5.97 Å². The van der Waals surface area contributed by atoms with Gasteiger partial charge in [-0.05, 0) is 18.6 Å². The first kappa shape index (κ1) is 13.9. The van der Waals surface area contributed by atoms with Crippen molar-refractivity contribution in [3.05, 3.63) is 23.8 Å². The van der Waals surface area contributed by atoms with E-state index in [4.69, 9.17) is 9.84 Å². The van der Waals surface area contributed by atoms with E-state index in [2.05, 4.69) is 4.98 Å². The maximum absolute atomic E-state index is 10.7. The van der Waals surface area contributed by atoms with Crippen LogP contribution in [0.15, 0.2) is 23.4 Å². The van der Waals surface area contributed by atoms with Gasteiger partial charge >= 0.3 is 5.97 Å². The molecule has 0 radical (unpaired) electrons. The van der Waals surface area contributed by atoms with Crippen molar-refractivity contribution in [2.24, 2.45) is 0 Å². The van der Waals surface area contributed by atoms with Gasteiger partial charge in [-0.3, -0.25) is 4.79 Å². The van der Waals surface area contributed by atoms with Gasteiger partial charge in [0.25, 0.3) is 0 Å². The van der Waals surface area contributed by atoms with Crippen LogP contribution in [0.1, 0.15) is 5.56 Å². The highest BCUT2D eigenvalue weighted by Gasteiger charge is 2.13. The van der Waals surface area contributed by atoms with E-state index in [9.17, 15) is 4.79 Å². The molecule has 0 aliphatic carbocycles. The van der Waals surface area contributed by atoms with Crippen molar-refractivity contribution in [1.29, 1.82) is 0 Å². The summed E-state index contributed by atoms with van der Waals surface area (Å²) in [4.78, 5) is 15.2. The summed E-state index contributed by atoms with van der Waals surface area (Å²) in [6.07, 6.45) is 0. The van der Waals surface area contributed by atoms with Gasteiger partial charge in [0.2, 0.25) is 0 Å². The Morgan fingerprint density at radius 2 is 2.32 bits per heavy atom. The highest BCUT2D eigenvalue weighted by atomic mass is 32.2. The number of para-hydroxylation sites is 1. The van der Waals surface area contributed by atoms with Crippen molar-refractivity contribution in [3.63, 3.8) is 0 Å². The summed E-state index contributed by atoms with van der Waals surface area (Å²) in [5, 5.41) is 9.51. The number of hydrogen-bond donors (Lipinski definition) is 1. The minimum Gasteiger partial charge on any atom is -0.481 e. The molecule has 0 saturated carbocycles. The number of nitrogens with zero attached hydrogens (tertiary/aromatic N) is 2. The number of carboxylic acids is 1. The van der Waals surface area contributed by atoms with Crippen molar-refractivity contribution in [2.45, 2.75) is 18.6 Å². The van der Waals surface area contributed by atoms with E-state index in [0.29, 0.717) is 13.2 Å². The Morgan fingerprint density at radius 1 is 1.53 bits per heavy atom. The Morgan fingerprint density at radius 3 is 3.00 bits per heavy atom. The van der Waals surface area contributed by atoms with Gasteiger partial charge in [0, 0.05) is 13.7 Å². The molecule has 0 amide bonds. The van der Waals surface area contributed by atoms with Crippen molar-refractivity contribution in [2.75, 3.05) is 19.5 Å². The fraction of sp³-hybridized carbons (Fsp3) is 0.385. The zero-order chi connectivity index (χ0) is 13.8. The summed E-state index contributed by atoms with van der Waals surface area (Å²) in [5.41, 5.74) is 3.07. The van der Waals surface area contributed by atoms with Crippen LogP contribution >= 0.6 is 11.8 Å². The summed E-state index contributed by atoms with van der Waals surface area (Å²) in [6.45, 7) is 3.26. The van der Waals surface area contributed by atoms with Gasteiger partial charge in [0.05, 0.1) is 23.4 Å². The second-order valence-electron chi connectivity index (χ2n) is 4.16. The lowest BCUT2D eigenvalue weighted by molar-refractivity contribution is -0.133. The molecule has 1 N–H and O–H groups in total. The minimum atomic E-state index is -0.841. The molecule has 0 atom stereocenters. The molecule has 0 saturated heterocycles. The fourth-order valence-corrected chi connectivity index (χ4v) is 2.72. The lowest BCUT2D eigenvalue weighted by Gasteiger charge is -2.08. The lowest BCUT2D eigenvalue weighted by Crippen LogP contribution is -2.07. The molecular formula is C13H16N2O3S. The number of fused-ring (bicyclic) bond motifs is 1. The largest absolute Gasteiger partial charge is 0.481 e. The summed E-state index contributed by atoms with van der Waals surface area (Å²) in [7, 11) is 1.65. The Kier molecular flexibility index (Phi) is 4.44. The predicted molar refractivity (Wildman–Crippen MR) is 74.7 cm³/mol. The molecule has 0 aliphatic heterocycles. The second-order valence-corrected chi connectivity index (χ2v) is 5.11. The molecule has 19 heavy (non-hydrogen) atoms. The molecule has 5 nitrogen and oxygen atoms in total. The van der Waals surface area contributed by atoms with E-state index >= 15 is 0 Å². The van der Waals surface area contributed by atoms with Crippen LogP contribution in [-0.2, 0) is 16.1 Å². The SMILES string of the molecule is COCCn1c(SCC(=O)O)nc2cccc(C)c21. The number of carboxylic acid groups (broad SMARTS) is 1. The molecule has 0 spiro atoms. The number of methoxy groups -OCH3 is 1. The lowest BCUT2D eigenvalue weighted by atomic mass is 10.2. The number of hydrogen-bond acceptors (Lipinski definition) is 4. The molecule has 1 heterocycles. The van der Waals surface area contributed by atoms with Gasteiger partial charge in [0.15, 0.2) is 5.16 Å². The molecule has 102 valence electrons. The van der Waals surface area contributed by atoms with Crippen LogP contribution in [0.3, 0.4) is 0 Å². The van der Waals surface area contributed by atoms with Crippen molar-refractivity contribution in [1.82, 2.24) is 9.55 Å². The monoisotopic (exact) mass is 280 g/mol. The minimum absolute atomic E-state index is 0.00928. The predicted octanol–water partition coefficient (Wildman–Crippen LogP) is 2.17. The van der Waals surface area contributed by atoms with Crippen LogP contribution in [-0.4, -0.2) is 40.1 Å². The van der Waals surface area contributed by atoms with Crippen LogP contribution < -0.4 is 0 Å². The van der Waals surface area contributed by atoms with Crippen molar-refractivity contribution in [3.8, 4) is 0 Å². The number of rotatable bonds is 6. The van der Waals surface area contributed by atoms with E-state index in [1.807, 2.05) is 29.7 Å². The van der Waals surface area contributed by atoms with E-state index in [1.165, 1.54) is 11.8 Å². The van der Waals surface area contributed by atoms with Gasteiger partial charge in [-0.1, -0.05) is 23.9 Å². The molecule has 2 aromatic rings. The topological polar surface area (TPSA) is 64.3 Å². The molecule has 0 aliphatic rings. The van der Waals surface area contributed by atoms with Crippen LogP contribution in [0.25, 0.3) is 11.0 Å². The van der Waals surface area contributed by atoms with Gasteiger partial charge in [-0.15, -0.1) is 0 Å². The number of ether oxygens (including phenoxy) is 1. The number of carbonyl (C=O) groups is 1. The van der Waals surface area contributed by atoms with Crippen LogP contribution in [0, 0.1) is 6.92 Å². The van der Waals surface area contributed by atoms with Crippen molar-refractivity contribution >= 4 is 28.8 Å². The average Bonchev–Trinajstić information content (AvgIpc) is 2.73. The third-order valence-corrected chi connectivity index (χ3v) is 3.74. The number of benzene rings is 1. The highest BCUT2D eigenvalue weighted by molar-refractivity contribution is 7.99. The maximum atomic E-state index is 10.7. The molecule has 1 aromatic carbocycles. The van der Waals surface area contributed by atoms with Crippen LogP contribution in [0.4, 0.5) is 0 Å². The molecule has 2 rings (SSSR count). The first-order chi connectivity index (χ1) is 9.13. The number of thioether (sulfide) groups is 1. The molecular weight excluding hydrogens is 264 g/mol. The quantitative estimate of drug-likeness (QED) is 0.822. The standard InChI is InChI=1S/C13H16N2O3S/c1-9-4-3-5-10-12(9)15(6-7-18-2)13(14-10)19-8-11(16)17/h3-5H,6-8H2,1-2H3,(H,16,17). The first-order valence-electron chi connectivity index (χ1n) is 5.93. The van der Waals surface area contributed by atoms with Gasteiger partial charge in [-0.2, -0.15) is 0 Å². The average molecular weight is 280 g/mol. The van der Waals surface area contributed by atoms with E-state index in [1.54, 1.807) is 7.11 Å². The second kappa shape index (κ2) is 6.08. The first-order valence-corrected chi connectivity index (χ1v) is 6.91. The van der Waals surface area contributed by atoms with Crippen LogP contribution in [0.2, 0.25) is 0 Å². The highest BCUT2D eigenvalue weighted by Crippen LogP contribution is 2.26. The molecule has 0 unspecified atom stereocenters. The Bertz CT molecular complexity index is 595. The summed E-state index contributed by atoms with van der Waals surface area (Å²) >= 11 is 1.24. The van der Waals surface area contributed by atoms with E-state index in [-0.39, 0.29) is 5.75 Å². The maximum Gasteiger partial charge on any atom is 0.313 e. The molecule has 0 bridgehead atoms. The van der Waals surface area contributed by atoms with Crippen molar-refractivity contribution < 1.29 is 14.6 Å². The van der Waals surface area contributed by atoms with E-state index in [0.717, 1.165) is 21.8 Å².